The predicted octanol–water partition coefficient (Wildman–Crippen LogP) is 1.98. The van der Waals surface area contributed by atoms with Crippen LogP contribution in [0.1, 0.15) is 65.9 Å². The molecule has 0 aromatic heterocycles. The fraction of sp³-hybridized carbons (Fsp3) is 0.548. The lowest BCUT2D eigenvalue weighted by Gasteiger charge is -2.35. The van der Waals surface area contributed by atoms with Crippen molar-refractivity contribution in [2.45, 2.75) is 91.1 Å². The number of hydrogen-bond acceptors (Lipinski definition) is 7. The van der Waals surface area contributed by atoms with E-state index in [1.165, 1.54) is 17.9 Å². The summed E-state index contributed by atoms with van der Waals surface area (Å²) in [6.45, 7) is 12.6. The lowest BCUT2D eigenvalue weighted by Crippen LogP contribution is -2.60. The second kappa shape index (κ2) is 16.4. The van der Waals surface area contributed by atoms with E-state index in [2.05, 4.69) is 27.8 Å². The average molecular weight is 600 g/mol. The third kappa shape index (κ3) is 10.5. The zero-order chi connectivity index (χ0) is 32.2. The fourth-order valence-corrected chi connectivity index (χ4v) is 4.64. The molecule has 1 saturated heterocycles. The van der Waals surface area contributed by atoms with Crippen LogP contribution < -0.4 is 21.3 Å². The van der Waals surface area contributed by atoms with E-state index >= 15 is 0 Å². The fourth-order valence-electron chi connectivity index (χ4n) is 4.64. The van der Waals surface area contributed by atoms with Crippen LogP contribution in [0.5, 0.6) is 0 Å². The number of carbonyl (C=O) groups is 6. The summed E-state index contributed by atoms with van der Waals surface area (Å²) in [6, 6.07) is 4.44. The minimum atomic E-state index is -1.04. The molecule has 12 nitrogen and oxygen atoms in total. The second-order valence-electron chi connectivity index (χ2n) is 11.6. The Hall–Kier alpha value is -4.22. The Balaban J connectivity index is 2.06. The molecule has 2 rings (SSSR count). The van der Waals surface area contributed by atoms with Crippen molar-refractivity contribution in [2.75, 3.05) is 13.1 Å². The van der Waals surface area contributed by atoms with Crippen molar-refractivity contribution in [3.8, 4) is 0 Å². The highest BCUT2D eigenvalue weighted by atomic mass is 16.5. The standard InChI is InChI=1S/C31H45N5O7/c1-7-13-22(24(37)27(39)32-17-8-2)34-26(38)23-16-12-18-36(23)28(40)25(31(4,5)6)35-30(42)33-20(3)29(41)43-19-21-14-10-9-11-15-21/h8-11,14-15,20,22-23,25H,2,7,12-13,16-19H2,1,3-6H3,(H,32,39)(H,34,38)(H2,33,35,42)/t20?,22?,23-,25?/m0/s1. The van der Waals surface area contributed by atoms with Gasteiger partial charge in [-0.15, -0.1) is 6.58 Å². The van der Waals surface area contributed by atoms with E-state index in [0.29, 0.717) is 19.3 Å². The van der Waals surface area contributed by atoms with Crippen molar-refractivity contribution >= 4 is 35.5 Å². The molecule has 0 aliphatic carbocycles. The number of ether oxygens (including phenoxy) is 1. The van der Waals surface area contributed by atoms with Crippen LogP contribution in [0.2, 0.25) is 0 Å². The third-order valence-electron chi connectivity index (χ3n) is 6.99. The highest BCUT2D eigenvalue weighted by molar-refractivity contribution is 6.38. The zero-order valence-corrected chi connectivity index (χ0v) is 25.7. The Morgan fingerprint density at radius 2 is 1.74 bits per heavy atom. The SMILES string of the molecule is C=CCNC(=O)C(=O)C(CCC)NC(=O)[C@@H]1CCCN1C(=O)C(NC(=O)NC(C)C(=O)OCc1ccccc1)C(C)(C)C. The summed E-state index contributed by atoms with van der Waals surface area (Å²) in [5.74, 6) is -3.24. The van der Waals surface area contributed by atoms with Gasteiger partial charge >= 0.3 is 12.0 Å². The Bertz CT molecular complexity index is 1160. The molecule has 236 valence electrons. The van der Waals surface area contributed by atoms with Crippen molar-refractivity contribution in [3.63, 3.8) is 0 Å². The minimum Gasteiger partial charge on any atom is -0.459 e. The summed E-state index contributed by atoms with van der Waals surface area (Å²) in [7, 11) is 0. The minimum absolute atomic E-state index is 0.0546. The molecule has 0 spiro atoms. The lowest BCUT2D eigenvalue weighted by atomic mass is 9.85. The molecule has 1 aliphatic rings. The van der Waals surface area contributed by atoms with Crippen LogP contribution in [0.3, 0.4) is 0 Å². The van der Waals surface area contributed by atoms with Gasteiger partial charge in [0.05, 0.1) is 6.04 Å². The van der Waals surface area contributed by atoms with E-state index in [9.17, 15) is 28.8 Å². The van der Waals surface area contributed by atoms with Crippen LogP contribution in [-0.4, -0.2) is 77.7 Å². The molecule has 43 heavy (non-hydrogen) atoms. The van der Waals surface area contributed by atoms with E-state index in [1.807, 2.05) is 37.3 Å². The molecule has 3 unspecified atom stereocenters. The molecule has 1 fully saturated rings. The van der Waals surface area contributed by atoms with Crippen LogP contribution in [0, 0.1) is 5.41 Å². The number of carbonyl (C=O) groups excluding carboxylic acids is 6. The lowest BCUT2D eigenvalue weighted by molar-refractivity contribution is -0.146. The number of hydrogen-bond donors (Lipinski definition) is 4. The van der Waals surface area contributed by atoms with Crippen molar-refractivity contribution in [3.05, 3.63) is 48.6 Å². The maximum absolute atomic E-state index is 13.8. The second-order valence-corrected chi connectivity index (χ2v) is 11.6. The van der Waals surface area contributed by atoms with Gasteiger partial charge in [0, 0.05) is 13.1 Å². The molecular weight excluding hydrogens is 554 g/mol. The van der Waals surface area contributed by atoms with Gasteiger partial charge < -0.3 is 30.9 Å². The summed E-state index contributed by atoms with van der Waals surface area (Å²) in [6.07, 6.45) is 3.15. The van der Waals surface area contributed by atoms with E-state index in [0.717, 1.165) is 5.56 Å². The van der Waals surface area contributed by atoms with Gasteiger partial charge in [-0.25, -0.2) is 9.59 Å². The average Bonchev–Trinajstić information content (AvgIpc) is 3.46. The number of likely N-dealkylation sites (tertiary alicyclic amines) is 1. The summed E-state index contributed by atoms with van der Waals surface area (Å²) in [5, 5.41) is 10.3. The largest absolute Gasteiger partial charge is 0.459 e. The van der Waals surface area contributed by atoms with Crippen LogP contribution in [0.4, 0.5) is 4.79 Å². The molecule has 5 amide bonds. The van der Waals surface area contributed by atoms with Crippen molar-refractivity contribution in [1.82, 2.24) is 26.2 Å². The molecule has 12 heteroatoms. The van der Waals surface area contributed by atoms with Gasteiger partial charge in [0.25, 0.3) is 5.91 Å². The number of nitrogens with zero attached hydrogens (tertiary/aromatic N) is 1. The number of esters is 1. The first-order chi connectivity index (χ1) is 20.3. The van der Waals surface area contributed by atoms with Crippen molar-refractivity contribution < 1.29 is 33.5 Å². The molecule has 1 heterocycles. The van der Waals surface area contributed by atoms with Crippen LogP contribution in [0.25, 0.3) is 0 Å². The summed E-state index contributed by atoms with van der Waals surface area (Å²) in [5.41, 5.74) is 0.0513. The molecule has 0 bridgehead atoms. The van der Waals surface area contributed by atoms with Crippen molar-refractivity contribution in [2.24, 2.45) is 5.41 Å². The zero-order valence-electron chi connectivity index (χ0n) is 25.7. The van der Waals surface area contributed by atoms with Crippen molar-refractivity contribution in [1.29, 1.82) is 0 Å². The summed E-state index contributed by atoms with van der Waals surface area (Å²) in [4.78, 5) is 78.7. The molecule has 0 saturated carbocycles. The molecule has 0 radical (unpaired) electrons. The number of urea groups is 1. The highest BCUT2D eigenvalue weighted by Gasteiger charge is 2.43. The number of ketones is 1. The molecular formula is C31H45N5O7. The van der Waals surface area contributed by atoms with Crippen LogP contribution >= 0.6 is 0 Å². The van der Waals surface area contributed by atoms with E-state index in [-0.39, 0.29) is 26.1 Å². The quantitative estimate of drug-likeness (QED) is 0.144. The first-order valence-electron chi connectivity index (χ1n) is 14.6. The maximum Gasteiger partial charge on any atom is 0.328 e. The van der Waals surface area contributed by atoms with E-state index in [4.69, 9.17) is 4.74 Å². The van der Waals surface area contributed by atoms with Crippen LogP contribution in [-0.2, 0) is 35.3 Å². The van der Waals surface area contributed by atoms with Crippen LogP contribution in [0.15, 0.2) is 43.0 Å². The first-order valence-corrected chi connectivity index (χ1v) is 14.6. The van der Waals surface area contributed by atoms with Gasteiger partial charge in [-0.05, 0) is 37.2 Å². The summed E-state index contributed by atoms with van der Waals surface area (Å²) < 4.78 is 5.28. The van der Waals surface area contributed by atoms with Gasteiger partial charge in [0.15, 0.2) is 0 Å². The molecule has 4 atom stereocenters. The highest BCUT2D eigenvalue weighted by Crippen LogP contribution is 2.26. The predicted molar refractivity (Wildman–Crippen MR) is 160 cm³/mol. The number of nitrogens with one attached hydrogen (secondary N) is 4. The first kappa shape index (κ1) is 35.0. The molecule has 4 N–H and O–H groups in total. The molecule has 1 aromatic rings. The monoisotopic (exact) mass is 599 g/mol. The Labute approximate surface area is 253 Å². The van der Waals surface area contributed by atoms with Gasteiger partial charge in [-0.2, -0.15) is 0 Å². The molecule has 1 aromatic carbocycles. The number of amides is 5. The van der Waals surface area contributed by atoms with Gasteiger partial charge in [0.2, 0.25) is 17.6 Å². The Morgan fingerprint density at radius 1 is 1.07 bits per heavy atom. The summed E-state index contributed by atoms with van der Waals surface area (Å²) >= 11 is 0. The topological polar surface area (TPSA) is 163 Å². The van der Waals surface area contributed by atoms with E-state index in [1.54, 1.807) is 20.8 Å². The van der Waals surface area contributed by atoms with Gasteiger partial charge in [-0.3, -0.25) is 19.2 Å². The Morgan fingerprint density at radius 3 is 2.35 bits per heavy atom. The van der Waals surface area contributed by atoms with Gasteiger partial charge in [-0.1, -0.05) is 70.5 Å². The number of rotatable bonds is 14. The normalized spacial score (nSPS) is 16.7. The maximum atomic E-state index is 13.8. The van der Waals surface area contributed by atoms with E-state index < -0.39 is 65.1 Å². The smallest absolute Gasteiger partial charge is 0.328 e. The number of benzene rings is 1. The number of Topliss-reactive ketones (excluding diaryl/α,β-unsaturated/α-hetero) is 1. The third-order valence-corrected chi connectivity index (χ3v) is 6.99. The Kier molecular flexibility index (Phi) is 13.4. The molecule has 1 aliphatic heterocycles. The van der Waals surface area contributed by atoms with Gasteiger partial charge in [0.1, 0.15) is 24.7 Å².